The van der Waals surface area contributed by atoms with E-state index in [0.29, 0.717) is 16.4 Å². The van der Waals surface area contributed by atoms with Crippen molar-refractivity contribution < 1.29 is 14.7 Å². The minimum absolute atomic E-state index is 0.112. The molecule has 8 heteroatoms. The van der Waals surface area contributed by atoms with Crippen molar-refractivity contribution in [3.63, 3.8) is 0 Å². The Labute approximate surface area is 129 Å². The van der Waals surface area contributed by atoms with Gasteiger partial charge in [-0.3, -0.25) is 0 Å². The number of carbonyl (C=O) groups is 2. The molecule has 2 amide bonds. The molecule has 0 aliphatic carbocycles. The van der Waals surface area contributed by atoms with E-state index in [1.165, 1.54) is 18.3 Å². The van der Waals surface area contributed by atoms with Gasteiger partial charge < -0.3 is 15.7 Å². The number of nitrogens with zero attached hydrogens (tertiary/aromatic N) is 1. The second-order valence-corrected chi connectivity index (χ2v) is 4.70. The number of hydrogen-bond donors (Lipinski definition) is 3. The first-order valence-corrected chi connectivity index (χ1v) is 6.44. The molecule has 2 aromatic rings. The molecule has 0 unspecified atom stereocenters. The van der Waals surface area contributed by atoms with Gasteiger partial charge in [-0.15, -0.1) is 0 Å². The second kappa shape index (κ2) is 6.43. The third-order valence-corrected chi connectivity index (χ3v) is 3.26. The Morgan fingerprint density at radius 1 is 1.10 bits per heavy atom. The molecule has 3 N–H and O–H groups in total. The normalized spacial score (nSPS) is 10.0. The summed E-state index contributed by atoms with van der Waals surface area (Å²) in [6.07, 6.45) is 1.24. The lowest BCUT2D eigenvalue weighted by atomic mass is 10.3. The summed E-state index contributed by atoms with van der Waals surface area (Å²) in [5.74, 6) is -1.14. The molecule has 0 bridgehead atoms. The molecule has 0 spiro atoms. The van der Waals surface area contributed by atoms with E-state index < -0.39 is 12.0 Å². The number of pyridine rings is 1. The van der Waals surface area contributed by atoms with Crippen molar-refractivity contribution in [1.29, 1.82) is 0 Å². The predicted molar refractivity (Wildman–Crippen MR) is 80.3 cm³/mol. The highest BCUT2D eigenvalue weighted by Crippen LogP contribution is 2.29. The minimum Gasteiger partial charge on any atom is -0.477 e. The molecule has 0 atom stereocenters. The average Bonchev–Trinajstić information content (AvgIpc) is 2.44. The summed E-state index contributed by atoms with van der Waals surface area (Å²) in [4.78, 5) is 26.1. The number of urea groups is 1. The van der Waals surface area contributed by atoms with Crippen LogP contribution >= 0.6 is 23.2 Å². The van der Waals surface area contributed by atoms with Crippen molar-refractivity contribution >= 4 is 46.6 Å². The van der Waals surface area contributed by atoms with Crippen LogP contribution in [0.25, 0.3) is 0 Å². The quantitative estimate of drug-likeness (QED) is 0.801. The Kier molecular flexibility index (Phi) is 4.62. The number of amides is 2. The molecule has 1 aromatic heterocycles. The van der Waals surface area contributed by atoms with Gasteiger partial charge in [-0.25, -0.2) is 14.6 Å². The first kappa shape index (κ1) is 15.1. The van der Waals surface area contributed by atoms with Crippen LogP contribution in [0.2, 0.25) is 10.0 Å². The smallest absolute Gasteiger partial charge is 0.354 e. The summed E-state index contributed by atoms with van der Waals surface area (Å²) in [6, 6.07) is 7.00. The van der Waals surface area contributed by atoms with E-state index in [1.807, 2.05) is 0 Å². The zero-order valence-electron chi connectivity index (χ0n) is 10.4. The van der Waals surface area contributed by atoms with Crippen LogP contribution < -0.4 is 10.6 Å². The number of carbonyl (C=O) groups excluding carboxylic acids is 1. The maximum atomic E-state index is 11.8. The number of nitrogens with one attached hydrogen (secondary N) is 2. The fourth-order valence-corrected chi connectivity index (χ4v) is 1.83. The number of hydrogen-bond acceptors (Lipinski definition) is 3. The Balaban J connectivity index is 2.04. The number of aromatic nitrogens is 1. The predicted octanol–water partition coefficient (Wildman–Crippen LogP) is 3.73. The van der Waals surface area contributed by atoms with E-state index in [1.54, 1.807) is 18.2 Å². The molecule has 0 aliphatic rings. The third-order valence-electron chi connectivity index (χ3n) is 2.44. The third kappa shape index (κ3) is 3.84. The largest absolute Gasteiger partial charge is 0.477 e. The van der Waals surface area contributed by atoms with Gasteiger partial charge in [0.15, 0.2) is 0 Å². The lowest BCUT2D eigenvalue weighted by Gasteiger charge is -2.09. The van der Waals surface area contributed by atoms with Crippen LogP contribution in [0.4, 0.5) is 16.2 Å². The molecule has 0 aliphatic heterocycles. The van der Waals surface area contributed by atoms with Crippen molar-refractivity contribution in [2.45, 2.75) is 0 Å². The second-order valence-electron chi connectivity index (χ2n) is 3.92. The standard InChI is InChI=1S/C13H9Cl2N3O3/c14-8-2-1-3-9(11(8)15)18-13(21)17-7-4-5-10(12(19)20)16-6-7/h1-6H,(H,19,20)(H2,17,18,21). The number of halogens is 2. The van der Waals surface area contributed by atoms with Gasteiger partial charge in [0, 0.05) is 0 Å². The lowest BCUT2D eigenvalue weighted by molar-refractivity contribution is 0.0690. The topological polar surface area (TPSA) is 91.3 Å². The molecule has 2 rings (SSSR count). The molecular weight excluding hydrogens is 317 g/mol. The van der Waals surface area contributed by atoms with Gasteiger partial charge >= 0.3 is 12.0 Å². The summed E-state index contributed by atoms with van der Waals surface area (Å²) in [7, 11) is 0. The number of carboxylic acid groups (broad SMARTS) is 1. The summed E-state index contributed by atoms with van der Waals surface area (Å²) in [5.41, 5.74) is 0.589. The van der Waals surface area contributed by atoms with E-state index in [4.69, 9.17) is 28.3 Å². The molecule has 1 aromatic carbocycles. The molecule has 6 nitrogen and oxygen atoms in total. The van der Waals surface area contributed by atoms with E-state index in [9.17, 15) is 9.59 Å². The van der Waals surface area contributed by atoms with Crippen LogP contribution in [0, 0.1) is 0 Å². The van der Waals surface area contributed by atoms with E-state index in [2.05, 4.69) is 15.6 Å². The summed E-state index contributed by atoms with van der Waals surface area (Å²) in [6.45, 7) is 0. The fraction of sp³-hybridized carbons (Fsp3) is 0. The zero-order chi connectivity index (χ0) is 15.4. The number of benzene rings is 1. The van der Waals surface area contributed by atoms with Crippen LogP contribution in [0.3, 0.4) is 0 Å². The summed E-state index contributed by atoms with van der Waals surface area (Å²) in [5, 5.41) is 14.3. The maximum absolute atomic E-state index is 11.8. The highest BCUT2D eigenvalue weighted by molar-refractivity contribution is 6.44. The number of carboxylic acids is 1. The Morgan fingerprint density at radius 3 is 2.48 bits per heavy atom. The molecule has 0 radical (unpaired) electrons. The van der Waals surface area contributed by atoms with Crippen LogP contribution in [0.15, 0.2) is 36.5 Å². The zero-order valence-corrected chi connectivity index (χ0v) is 11.9. The Bertz CT molecular complexity index is 690. The first-order chi connectivity index (χ1) is 9.97. The van der Waals surface area contributed by atoms with Gasteiger partial charge in [0.25, 0.3) is 0 Å². The monoisotopic (exact) mass is 325 g/mol. The molecule has 0 fully saturated rings. The van der Waals surface area contributed by atoms with E-state index >= 15 is 0 Å². The van der Waals surface area contributed by atoms with Gasteiger partial charge in [-0.2, -0.15) is 0 Å². The van der Waals surface area contributed by atoms with Gasteiger partial charge in [0.05, 0.1) is 27.6 Å². The fourth-order valence-electron chi connectivity index (χ4n) is 1.48. The van der Waals surface area contributed by atoms with Crippen molar-refractivity contribution in [2.75, 3.05) is 10.6 Å². The van der Waals surface area contributed by atoms with Gasteiger partial charge in [-0.1, -0.05) is 29.3 Å². The van der Waals surface area contributed by atoms with Crippen molar-refractivity contribution in [2.24, 2.45) is 0 Å². The number of anilines is 2. The van der Waals surface area contributed by atoms with Gasteiger partial charge in [0.2, 0.25) is 0 Å². The average molecular weight is 326 g/mol. The number of rotatable bonds is 3. The lowest BCUT2D eigenvalue weighted by Crippen LogP contribution is -2.19. The minimum atomic E-state index is -1.14. The van der Waals surface area contributed by atoms with Gasteiger partial charge in [-0.05, 0) is 24.3 Å². The number of aromatic carboxylic acids is 1. The van der Waals surface area contributed by atoms with E-state index in [-0.39, 0.29) is 10.7 Å². The highest BCUT2D eigenvalue weighted by atomic mass is 35.5. The Hall–Kier alpha value is -2.31. The SMILES string of the molecule is O=C(Nc1ccc(C(=O)O)nc1)Nc1cccc(Cl)c1Cl. The maximum Gasteiger partial charge on any atom is 0.354 e. The molecular formula is C13H9Cl2N3O3. The molecule has 0 saturated heterocycles. The molecule has 108 valence electrons. The molecule has 21 heavy (non-hydrogen) atoms. The van der Waals surface area contributed by atoms with Crippen LogP contribution in [-0.2, 0) is 0 Å². The van der Waals surface area contributed by atoms with E-state index in [0.717, 1.165) is 0 Å². The highest BCUT2D eigenvalue weighted by Gasteiger charge is 2.09. The van der Waals surface area contributed by atoms with Crippen LogP contribution in [0.5, 0.6) is 0 Å². The molecule has 1 heterocycles. The Morgan fingerprint density at radius 2 is 1.86 bits per heavy atom. The first-order valence-electron chi connectivity index (χ1n) is 5.69. The summed E-state index contributed by atoms with van der Waals surface area (Å²) >= 11 is 11.8. The molecule has 0 saturated carbocycles. The van der Waals surface area contributed by atoms with Crippen molar-refractivity contribution in [3.8, 4) is 0 Å². The van der Waals surface area contributed by atoms with Crippen molar-refractivity contribution in [3.05, 3.63) is 52.3 Å². The van der Waals surface area contributed by atoms with Crippen LogP contribution in [0.1, 0.15) is 10.5 Å². The van der Waals surface area contributed by atoms with Gasteiger partial charge in [0.1, 0.15) is 5.69 Å². The van der Waals surface area contributed by atoms with Crippen LogP contribution in [-0.4, -0.2) is 22.1 Å². The summed E-state index contributed by atoms with van der Waals surface area (Å²) < 4.78 is 0. The van der Waals surface area contributed by atoms with Crippen molar-refractivity contribution in [1.82, 2.24) is 4.98 Å².